The third kappa shape index (κ3) is 2.78. The lowest BCUT2D eigenvalue weighted by atomic mass is 9.36. The molecule has 1 unspecified atom stereocenters. The van der Waals surface area contributed by atoms with Crippen LogP contribution in [0.4, 0.5) is 0 Å². The molecule has 3 nitrogen and oxygen atoms in total. The Labute approximate surface area is 196 Å². The summed E-state index contributed by atoms with van der Waals surface area (Å²) in [5.74, 6) is 3.99. The Balaban J connectivity index is 1.51. The van der Waals surface area contributed by atoms with Crippen LogP contribution in [0, 0.1) is 63.1 Å². The number of rotatable bonds is 2. The maximum atomic E-state index is 12.7. The summed E-state index contributed by atoms with van der Waals surface area (Å²) in [7, 11) is 0. The molecule has 10 atom stereocenters. The van der Waals surface area contributed by atoms with E-state index in [1.807, 2.05) is 0 Å². The van der Waals surface area contributed by atoms with Gasteiger partial charge in [-0.05, 0) is 122 Å². The van der Waals surface area contributed by atoms with Gasteiger partial charge in [-0.25, -0.2) is 0 Å². The molecule has 5 rings (SSSR count). The van der Waals surface area contributed by atoms with Crippen LogP contribution in [0.15, 0.2) is 0 Å². The van der Waals surface area contributed by atoms with Crippen molar-refractivity contribution in [3.05, 3.63) is 0 Å². The fraction of sp³-hybridized carbons (Fsp3) is 0.966. The summed E-state index contributed by atoms with van der Waals surface area (Å²) in [5, 5.41) is 10.5. The molecule has 0 heterocycles. The summed E-state index contributed by atoms with van der Waals surface area (Å²) in [6.45, 7) is 14.8. The maximum Gasteiger partial charge on any atom is 0.309 e. The average Bonchev–Trinajstić information content (AvgIpc) is 3.12. The van der Waals surface area contributed by atoms with Gasteiger partial charge in [0, 0.05) is 6.04 Å². The average molecular weight is 444 g/mol. The minimum Gasteiger partial charge on any atom is -0.481 e. The molecule has 0 radical (unpaired) electrons. The van der Waals surface area contributed by atoms with Crippen molar-refractivity contribution in [3.8, 4) is 0 Å². The Morgan fingerprint density at radius 1 is 0.812 bits per heavy atom. The SMILES string of the molecule is CC(C)[C@@H]1CC[C@]2(C(=O)O)CC[C@@]3(C)C4CC[C@H]5C(C)(C)[C@@H](N)CC[C@]5(C)[C@H]4CC[C@@H]3[C@@H]12. The molecule has 5 saturated carbocycles. The molecule has 3 heteroatoms. The number of hydrogen-bond acceptors (Lipinski definition) is 2. The van der Waals surface area contributed by atoms with Gasteiger partial charge >= 0.3 is 5.97 Å². The van der Waals surface area contributed by atoms with Gasteiger partial charge in [-0.1, -0.05) is 41.5 Å². The Bertz CT molecular complexity index is 775. The Kier molecular flexibility index (Phi) is 5.23. The Hall–Kier alpha value is -0.570. The van der Waals surface area contributed by atoms with Gasteiger partial charge in [-0.2, -0.15) is 0 Å². The van der Waals surface area contributed by atoms with Gasteiger partial charge < -0.3 is 10.8 Å². The lowest BCUT2D eigenvalue weighted by Crippen LogP contribution is -2.64. The molecule has 0 bridgehead atoms. The quantitative estimate of drug-likeness (QED) is 0.496. The van der Waals surface area contributed by atoms with Gasteiger partial charge in [-0.3, -0.25) is 4.79 Å². The molecule has 0 amide bonds. The fourth-order valence-electron chi connectivity index (χ4n) is 11.3. The number of hydrogen-bond donors (Lipinski definition) is 2. The zero-order valence-corrected chi connectivity index (χ0v) is 21.6. The first-order valence-electron chi connectivity index (χ1n) is 13.9. The number of carboxylic acid groups (broad SMARTS) is 1. The van der Waals surface area contributed by atoms with Gasteiger partial charge in [0.25, 0.3) is 0 Å². The molecule has 0 spiro atoms. The highest BCUT2D eigenvalue weighted by Crippen LogP contribution is 2.73. The van der Waals surface area contributed by atoms with E-state index in [-0.39, 0.29) is 5.41 Å². The van der Waals surface area contributed by atoms with Crippen LogP contribution >= 0.6 is 0 Å². The summed E-state index contributed by atoms with van der Waals surface area (Å²) in [4.78, 5) is 12.7. The van der Waals surface area contributed by atoms with Gasteiger partial charge in [0.1, 0.15) is 0 Å². The van der Waals surface area contributed by atoms with Crippen molar-refractivity contribution in [1.29, 1.82) is 0 Å². The highest BCUT2D eigenvalue weighted by Gasteiger charge is 2.68. The van der Waals surface area contributed by atoms with Crippen LogP contribution in [0.1, 0.15) is 106 Å². The second-order valence-corrected chi connectivity index (χ2v) is 14.4. The van der Waals surface area contributed by atoms with Crippen molar-refractivity contribution in [2.24, 2.45) is 68.8 Å². The number of aliphatic carboxylic acids is 1. The second kappa shape index (κ2) is 7.22. The van der Waals surface area contributed by atoms with Crippen LogP contribution in [0.2, 0.25) is 0 Å². The minimum atomic E-state index is -0.478. The first-order chi connectivity index (χ1) is 14.9. The highest BCUT2D eigenvalue weighted by molar-refractivity contribution is 5.76. The highest BCUT2D eigenvalue weighted by atomic mass is 16.4. The van der Waals surface area contributed by atoms with Crippen LogP contribution in [-0.2, 0) is 4.79 Å². The molecular formula is C29H49NO2. The zero-order valence-electron chi connectivity index (χ0n) is 21.6. The lowest BCUT2D eigenvalue weighted by Gasteiger charge is -2.68. The monoisotopic (exact) mass is 443 g/mol. The van der Waals surface area contributed by atoms with Crippen molar-refractivity contribution in [1.82, 2.24) is 0 Å². The van der Waals surface area contributed by atoms with E-state index in [2.05, 4.69) is 41.5 Å². The third-order valence-electron chi connectivity index (χ3n) is 13.1. The lowest BCUT2D eigenvalue weighted by molar-refractivity contribution is -0.202. The van der Waals surface area contributed by atoms with E-state index in [0.29, 0.717) is 40.5 Å². The smallest absolute Gasteiger partial charge is 0.309 e. The molecular weight excluding hydrogens is 394 g/mol. The van der Waals surface area contributed by atoms with Crippen LogP contribution in [0.5, 0.6) is 0 Å². The summed E-state index contributed by atoms with van der Waals surface area (Å²) >= 11 is 0. The largest absolute Gasteiger partial charge is 0.481 e. The second-order valence-electron chi connectivity index (χ2n) is 14.4. The molecule has 0 aromatic heterocycles. The Morgan fingerprint density at radius 2 is 1.44 bits per heavy atom. The van der Waals surface area contributed by atoms with Crippen molar-refractivity contribution >= 4 is 5.97 Å². The molecule has 32 heavy (non-hydrogen) atoms. The van der Waals surface area contributed by atoms with Crippen molar-refractivity contribution < 1.29 is 9.90 Å². The number of carbonyl (C=O) groups is 1. The van der Waals surface area contributed by atoms with E-state index < -0.39 is 11.4 Å². The molecule has 5 aliphatic rings. The van der Waals surface area contributed by atoms with Gasteiger partial charge in [0.2, 0.25) is 0 Å². The maximum absolute atomic E-state index is 12.7. The first kappa shape index (κ1) is 23.2. The van der Waals surface area contributed by atoms with E-state index in [1.54, 1.807) is 0 Å². The van der Waals surface area contributed by atoms with Crippen LogP contribution < -0.4 is 5.73 Å². The standard InChI is InChI=1S/C29H49NO2/c1-17(2)18-11-14-29(25(31)32)16-15-27(5)19-9-10-22-26(3,4)23(30)12-13-28(22,6)20(19)7-8-21(27)24(18)29/h17-24H,7-16,30H2,1-6H3,(H,31,32)/t18-,19?,20-,21+,22-,23-,24+,27-,28+,29-/m0/s1. The molecule has 5 aliphatic carbocycles. The predicted molar refractivity (Wildman–Crippen MR) is 130 cm³/mol. The third-order valence-corrected chi connectivity index (χ3v) is 13.1. The number of carboxylic acids is 1. The van der Waals surface area contributed by atoms with Crippen molar-refractivity contribution in [3.63, 3.8) is 0 Å². The molecule has 0 saturated heterocycles. The van der Waals surface area contributed by atoms with E-state index in [9.17, 15) is 9.90 Å². The van der Waals surface area contributed by atoms with Crippen molar-refractivity contribution in [2.75, 3.05) is 0 Å². The van der Waals surface area contributed by atoms with Crippen LogP contribution in [-0.4, -0.2) is 17.1 Å². The molecule has 182 valence electrons. The number of nitrogens with two attached hydrogens (primary N) is 1. The van der Waals surface area contributed by atoms with E-state index in [0.717, 1.165) is 43.4 Å². The molecule has 0 aromatic carbocycles. The van der Waals surface area contributed by atoms with E-state index >= 15 is 0 Å². The minimum absolute atomic E-state index is 0.231. The molecule has 0 aromatic rings. The van der Waals surface area contributed by atoms with E-state index in [4.69, 9.17) is 5.73 Å². The zero-order chi connectivity index (χ0) is 23.3. The summed E-state index contributed by atoms with van der Waals surface area (Å²) in [6.07, 6.45) is 11.8. The van der Waals surface area contributed by atoms with Crippen LogP contribution in [0.3, 0.4) is 0 Å². The summed E-state index contributed by atoms with van der Waals surface area (Å²) in [5.41, 5.74) is 7.19. The summed E-state index contributed by atoms with van der Waals surface area (Å²) in [6, 6.07) is 0.334. The van der Waals surface area contributed by atoms with Crippen molar-refractivity contribution in [2.45, 2.75) is 112 Å². The normalized spacial score (nSPS) is 54.3. The molecule has 0 aliphatic heterocycles. The number of fused-ring (bicyclic) bond motifs is 7. The van der Waals surface area contributed by atoms with E-state index in [1.165, 1.54) is 38.5 Å². The topological polar surface area (TPSA) is 63.3 Å². The molecule has 3 N–H and O–H groups in total. The fourth-order valence-corrected chi connectivity index (χ4v) is 11.3. The first-order valence-corrected chi connectivity index (χ1v) is 13.9. The predicted octanol–water partition coefficient (Wildman–Crippen LogP) is 6.75. The van der Waals surface area contributed by atoms with Gasteiger partial charge in [0.15, 0.2) is 0 Å². The van der Waals surface area contributed by atoms with Crippen LogP contribution in [0.25, 0.3) is 0 Å². The Morgan fingerprint density at radius 3 is 2.09 bits per heavy atom. The summed E-state index contributed by atoms with van der Waals surface area (Å²) < 4.78 is 0. The van der Waals surface area contributed by atoms with Gasteiger partial charge in [-0.15, -0.1) is 0 Å². The van der Waals surface area contributed by atoms with Gasteiger partial charge in [0.05, 0.1) is 5.41 Å². The molecule has 5 fully saturated rings.